The van der Waals surface area contributed by atoms with Crippen LogP contribution in [0.15, 0.2) is 6.20 Å². The number of carbonyl (C=O) groups excluding carboxylic acids is 1. The van der Waals surface area contributed by atoms with Crippen molar-refractivity contribution in [1.82, 2.24) is 24.2 Å². The van der Waals surface area contributed by atoms with E-state index in [9.17, 15) is 30.8 Å². The molecule has 1 aliphatic heterocycles. The Morgan fingerprint density at radius 2 is 1.88 bits per heavy atom. The summed E-state index contributed by atoms with van der Waals surface area (Å²) in [6, 6.07) is -0.249. The molecule has 1 N–H and O–H groups in total. The number of sulfonamides is 1. The summed E-state index contributed by atoms with van der Waals surface area (Å²) in [6.45, 7) is 0.515. The smallest absolute Gasteiger partial charge is 0.351 e. The molecular weight excluding hydrogens is 476 g/mol. The van der Waals surface area contributed by atoms with Crippen LogP contribution in [-0.2, 0) is 16.2 Å². The third-order valence-corrected chi connectivity index (χ3v) is 7.05. The molecule has 1 fully saturated rings. The highest BCUT2D eigenvalue weighted by Crippen LogP contribution is 2.40. The minimum absolute atomic E-state index is 0.110. The Balaban J connectivity index is 1.90. The van der Waals surface area contributed by atoms with Crippen LogP contribution in [0.1, 0.15) is 28.3 Å². The highest BCUT2D eigenvalue weighted by Gasteiger charge is 2.40. The van der Waals surface area contributed by atoms with E-state index in [2.05, 4.69) is 20.3 Å². The van der Waals surface area contributed by atoms with Gasteiger partial charge in [0.2, 0.25) is 16.0 Å². The average Bonchev–Trinajstić information content (AvgIpc) is 3.14. The molecular formula is C17H20F4N6O3S2. The van der Waals surface area contributed by atoms with Crippen LogP contribution in [0.4, 0.5) is 23.5 Å². The quantitative estimate of drug-likeness (QED) is 0.633. The number of carbonyl (C=O) groups is 1. The van der Waals surface area contributed by atoms with Crippen molar-refractivity contribution < 1.29 is 30.8 Å². The van der Waals surface area contributed by atoms with E-state index in [-0.39, 0.29) is 25.1 Å². The van der Waals surface area contributed by atoms with Crippen LogP contribution < -0.4 is 5.32 Å². The van der Waals surface area contributed by atoms with Crippen molar-refractivity contribution in [2.75, 3.05) is 38.8 Å². The molecule has 1 saturated heterocycles. The standard InChI is InChI=1S/C17H20F4N6O3S2/c1-26(2)15(28)14-25-13(17(19,20)21)12(31-14)11-10(18)8-22-16(24-11)23-9-4-6-27(7-5-9)32(3,29)30/h8-9H,4-7H2,1-3H3,(H,22,23,24). The van der Waals surface area contributed by atoms with Crippen molar-refractivity contribution in [2.45, 2.75) is 25.1 Å². The maximum atomic E-state index is 14.4. The number of amides is 1. The van der Waals surface area contributed by atoms with E-state index in [1.807, 2.05) is 0 Å². The van der Waals surface area contributed by atoms with E-state index in [4.69, 9.17) is 0 Å². The molecule has 0 saturated carbocycles. The van der Waals surface area contributed by atoms with Gasteiger partial charge in [0, 0.05) is 33.2 Å². The van der Waals surface area contributed by atoms with Crippen molar-refractivity contribution >= 4 is 33.2 Å². The van der Waals surface area contributed by atoms with Gasteiger partial charge in [0.1, 0.15) is 5.69 Å². The molecule has 2 aromatic heterocycles. The summed E-state index contributed by atoms with van der Waals surface area (Å²) in [5.74, 6) is -1.96. The van der Waals surface area contributed by atoms with Gasteiger partial charge in [0.05, 0.1) is 17.3 Å². The molecule has 2 aromatic rings. The molecule has 0 atom stereocenters. The Morgan fingerprint density at radius 1 is 1.25 bits per heavy atom. The summed E-state index contributed by atoms with van der Waals surface area (Å²) in [5.41, 5.74) is -2.03. The Bertz CT molecular complexity index is 1110. The third kappa shape index (κ3) is 5.32. The van der Waals surface area contributed by atoms with Crippen LogP contribution in [0.25, 0.3) is 10.6 Å². The summed E-state index contributed by atoms with van der Waals surface area (Å²) >= 11 is 0.394. The molecule has 0 aliphatic carbocycles. The highest BCUT2D eigenvalue weighted by atomic mass is 32.2. The van der Waals surface area contributed by atoms with Crippen LogP contribution in [0.2, 0.25) is 0 Å². The molecule has 0 spiro atoms. The van der Waals surface area contributed by atoms with Crippen LogP contribution in [0.5, 0.6) is 0 Å². The summed E-state index contributed by atoms with van der Waals surface area (Å²) < 4.78 is 79.6. The van der Waals surface area contributed by atoms with Crippen LogP contribution >= 0.6 is 11.3 Å². The van der Waals surface area contributed by atoms with Gasteiger partial charge in [-0.15, -0.1) is 11.3 Å². The summed E-state index contributed by atoms with van der Waals surface area (Å²) in [4.78, 5) is 23.6. The van der Waals surface area contributed by atoms with E-state index in [0.29, 0.717) is 24.2 Å². The van der Waals surface area contributed by atoms with Gasteiger partial charge < -0.3 is 10.2 Å². The lowest BCUT2D eigenvalue weighted by molar-refractivity contribution is -0.140. The molecule has 9 nitrogen and oxygen atoms in total. The number of aromatic nitrogens is 3. The number of hydrogen-bond donors (Lipinski definition) is 1. The molecule has 1 aliphatic rings. The van der Waals surface area contributed by atoms with Crippen molar-refractivity contribution in [3.05, 3.63) is 22.7 Å². The monoisotopic (exact) mass is 496 g/mol. The second-order valence-electron chi connectivity index (χ2n) is 7.36. The molecule has 15 heteroatoms. The number of thiazole rings is 1. The summed E-state index contributed by atoms with van der Waals surface area (Å²) in [6.07, 6.45) is -2.25. The number of hydrogen-bond acceptors (Lipinski definition) is 8. The van der Waals surface area contributed by atoms with Gasteiger partial charge in [0.25, 0.3) is 5.91 Å². The molecule has 0 aromatic carbocycles. The van der Waals surface area contributed by atoms with E-state index in [0.717, 1.165) is 17.4 Å². The second-order valence-corrected chi connectivity index (χ2v) is 10.3. The van der Waals surface area contributed by atoms with Gasteiger partial charge >= 0.3 is 6.18 Å². The van der Waals surface area contributed by atoms with Crippen LogP contribution in [0, 0.1) is 5.82 Å². The zero-order chi connectivity index (χ0) is 23.8. The van der Waals surface area contributed by atoms with Gasteiger partial charge in [-0.25, -0.2) is 32.1 Å². The molecule has 0 bridgehead atoms. The molecule has 3 rings (SSSR count). The van der Waals surface area contributed by atoms with Crippen molar-refractivity contribution in [2.24, 2.45) is 0 Å². The first-order valence-electron chi connectivity index (χ1n) is 9.31. The Labute approximate surface area is 185 Å². The Kier molecular flexibility index (Phi) is 6.72. The van der Waals surface area contributed by atoms with Crippen molar-refractivity contribution in [1.29, 1.82) is 0 Å². The Hall–Kier alpha value is -2.39. The number of rotatable bonds is 5. The molecule has 0 unspecified atom stereocenters. The minimum Gasteiger partial charge on any atom is -0.351 e. The predicted octanol–water partition coefficient (Wildman–Crippen LogP) is 2.30. The van der Waals surface area contributed by atoms with Gasteiger partial charge in [0.15, 0.2) is 16.5 Å². The minimum atomic E-state index is -4.93. The fourth-order valence-electron chi connectivity index (χ4n) is 3.07. The fraction of sp³-hybridized carbons (Fsp3) is 0.529. The largest absolute Gasteiger partial charge is 0.434 e. The van der Waals surface area contributed by atoms with Gasteiger partial charge in [-0.3, -0.25) is 4.79 Å². The maximum absolute atomic E-state index is 14.4. The summed E-state index contributed by atoms with van der Waals surface area (Å²) in [7, 11) is -0.598. The molecule has 32 heavy (non-hydrogen) atoms. The normalized spacial score (nSPS) is 16.2. The van der Waals surface area contributed by atoms with E-state index in [1.165, 1.54) is 18.4 Å². The number of anilines is 1. The predicted molar refractivity (Wildman–Crippen MR) is 109 cm³/mol. The SMILES string of the molecule is CN(C)C(=O)c1nc(C(F)(F)F)c(-c2nc(NC3CCN(S(C)(=O)=O)CC3)ncc2F)s1. The lowest BCUT2D eigenvalue weighted by atomic mass is 10.1. The first kappa shape index (κ1) is 24.3. The van der Waals surface area contributed by atoms with Crippen LogP contribution in [-0.4, -0.2) is 78.0 Å². The van der Waals surface area contributed by atoms with E-state index >= 15 is 0 Å². The number of nitrogens with one attached hydrogen (secondary N) is 1. The first-order chi connectivity index (χ1) is 14.8. The molecule has 1 amide bonds. The van der Waals surface area contributed by atoms with Gasteiger partial charge in [-0.1, -0.05) is 0 Å². The zero-order valence-corrected chi connectivity index (χ0v) is 18.9. The molecule has 176 valence electrons. The summed E-state index contributed by atoms with van der Waals surface area (Å²) in [5, 5.41) is 2.47. The molecule has 3 heterocycles. The second kappa shape index (κ2) is 8.86. The van der Waals surface area contributed by atoms with E-state index in [1.54, 1.807) is 0 Å². The van der Waals surface area contributed by atoms with Crippen LogP contribution in [0.3, 0.4) is 0 Å². The highest BCUT2D eigenvalue weighted by molar-refractivity contribution is 7.88. The zero-order valence-electron chi connectivity index (χ0n) is 17.3. The number of alkyl halides is 3. The fourth-order valence-corrected chi connectivity index (χ4v) is 5.04. The van der Waals surface area contributed by atoms with E-state index < -0.39 is 49.2 Å². The number of halogens is 4. The van der Waals surface area contributed by atoms with Crippen molar-refractivity contribution in [3.63, 3.8) is 0 Å². The number of piperidine rings is 1. The topological polar surface area (TPSA) is 108 Å². The maximum Gasteiger partial charge on any atom is 0.434 e. The third-order valence-electron chi connectivity index (χ3n) is 4.70. The lowest BCUT2D eigenvalue weighted by Gasteiger charge is -2.30. The average molecular weight is 497 g/mol. The first-order valence-corrected chi connectivity index (χ1v) is 12.0. The van der Waals surface area contributed by atoms with Gasteiger partial charge in [-0.2, -0.15) is 13.2 Å². The van der Waals surface area contributed by atoms with Crippen molar-refractivity contribution in [3.8, 4) is 10.6 Å². The molecule has 0 radical (unpaired) electrons. The van der Waals surface area contributed by atoms with Gasteiger partial charge in [-0.05, 0) is 12.8 Å². The Morgan fingerprint density at radius 3 is 2.41 bits per heavy atom. The lowest BCUT2D eigenvalue weighted by Crippen LogP contribution is -2.42. The number of nitrogens with zero attached hydrogens (tertiary/aromatic N) is 5.